The topological polar surface area (TPSA) is 84.5 Å². The Labute approximate surface area is 122 Å². The van der Waals surface area contributed by atoms with Gasteiger partial charge in [0.25, 0.3) is 5.91 Å². The molecule has 8 nitrogen and oxygen atoms in total. The van der Waals surface area contributed by atoms with Crippen molar-refractivity contribution in [1.82, 2.24) is 19.6 Å². The number of fused-ring (bicyclic) bond motifs is 1. The number of carbonyl (C=O) groups is 1. The SMILES string of the molecule is Cc1c([N+](=O)[O-])c(C(=O)N2CCN3CCC[C@@H]3C2)nn1C. The van der Waals surface area contributed by atoms with Crippen LogP contribution in [0, 0.1) is 17.0 Å². The van der Waals surface area contributed by atoms with Crippen LogP contribution < -0.4 is 0 Å². The first-order valence-corrected chi connectivity index (χ1v) is 7.20. The minimum absolute atomic E-state index is 0.0357. The average molecular weight is 293 g/mol. The van der Waals surface area contributed by atoms with E-state index in [1.807, 2.05) is 0 Å². The van der Waals surface area contributed by atoms with Crippen molar-refractivity contribution in [1.29, 1.82) is 0 Å². The van der Waals surface area contributed by atoms with Gasteiger partial charge in [0.2, 0.25) is 5.69 Å². The fraction of sp³-hybridized carbons (Fsp3) is 0.692. The molecule has 1 atom stereocenters. The number of rotatable bonds is 2. The first kappa shape index (κ1) is 14.0. The molecule has 8 heteroatoms. The van der Waals surface area contributed by atoms with Gasteiger partial charge in [-0.05, 0) is 26.3 Å². The highest BCUT2D eigenvalue weighted by atomic mass is 16.6. The maximum atomic E-state index is 12.6. The highest BCUT2D eigenvalue weighted by molar-refractivity contribution is 5.96. The van der Waals surface area contributed by atoms with E-state index in [4.69, 9.17) is 0 Å². The molecule has 1 aromatic heterocycles. The summed E-state index contributed by atoms with van der Waals surface area (Å²) in [4.78, 5) is 27.4. The van der Waals surface area contributed by atoms with Crippen LogP contribution >= 0.6 is 0 Å². The van der Waals surface area contributed by atoms with Crippen LogP contribution in [0.2, 0.25) is 0 Å². The van der Waals surface area contributed by atoms with E-state index in [0.29, 0.717) is 24.8 Å². The quantitative estimate of drug-likeness (QED) is 0.587. The van der Waals surface area contributed by atoms with Crippen molar-refractivity contribution in [3.8, 4) is 0 Å². The van der Waals surface area contributed by atoms with Crippen LogP contribution in [-0.2, 0) is 7.05 Å². The smallest absolute Gasteiger partial charge is 0.322 e. The third-order valence-corrected chi connectivity index (χ3v) is 4.56. The lowest BCUT2D eigenvalue weighted by Gasteiger charge is -2.37. The number of hydrogen-bond donors (Lipinski definition) is 0. The largest absolute Gasteiger partial charge is 0.334 e. The Morgan fingerprint density at radius 2 is 2.14 bits per heavy atom. The maximum Gasteiger partial charge on any atom is 0.322 e. The van der Waals surface area contributed by atoms with Crippen molar-refractivity contribution >= 4 is 11.6 Å². The first-order valence-electron chi connectivity index (χ1n) is 7.20. The molecule has 0 aliphatic carbocycles. The van der Waals surface area contributed by atoms with Gasteiger partial charge in [0.15, 0.2) is 0 Å². The second-order valence-electron chi connectivity index (χ2n) is 5.75. The zero-order valence-corrected chi connectivity index (χ0v) is 12.3. The number of nitro groups is 1. The minimum atomic E-state index is -0.513. The summed E-state index contributed by atoms with van der Waals surface area (Å²) in [5.41, 5.74) is 0.200. The number of carbonyl (C=O) groups excluding carboxylic acids is 1. The fourth-order valence-electron chi connectivity index (χ4n) is 3.28. The lowest BCUT2D eigenvalue weighted by Crippen LogP contribution is -2.52. The van der Waals surface area contributed by atoms with Crippen molar-refractivity contribution < 1.29 is 9.72 Å². The molecule has 0 spiro atoms. The molecule has 0 saturated carbocycles. The van der Waals surface area contributed by atoms with Crippen LogP contribution in [0.3, 0.4) is 0 Å². The summed E-state index contributed by atoms with van der Waals surface area (Å²) in [5, 5.41) is 15.3. The molecule has 0 radical (unpaired) electrons. The summed E-state index contributed by atoms with van der Waals surface area (Å²) in [6.07, 6.45) is 2.25. The zero-order chi connectivity index (χ0) is 15.1. The number of aromatic nitrogens is 2. The molecule has 0 N–H and O–H groups in total. The van der Waals surface area contributed by atoms with Gasteiger partial charge < -0.3 is 4.90 Å². The van der Waals surface area contributed by atoms with Crippen LogP contribution in [0.1, 0.15) is 29.0 Å². The molecule has 1 aromatic rings. The van der Waals surface area contributed by atoms with E-state index in [9.17, 15) is 14.9 Å². The molecule has 21 heavy (non-hydrogen) atoms. The van der Waals surface area contributed by atoms with E-state index in [2.05, 4.69) is 10.00 Å². The summed E-state index contributed by atoms with van der Waals surface area (Å²) in [5.74, 6) is -0.322. The maximum absolute atomic E-state index is 12.6. The van der Waals surface area contributed by atoms with E-state index in [1.165, 1.54) is 4.68 Å². The van der Waals surface area contributed by atoms with Gasteiger partial charge in [0.1, 0.15) is 5.69 Å². The van der Waals surface area contributed by atoms with Crippen molar-refractivity contribution in [2.75, 3.05) is 26.2 Å². The summed E-state index contributed by atoms with van der Waals surface area (Å²) >= 11 is 0. The molecule has 3 heterocycles. The van der Waals surface area contributed by atoms with Gasteiger partial charge in [-0.3, -0.25) is 24.5 Å². The molecular formula is C13H19N5O3. The van der Waals surface area contributed by atoms with Gasteiger partial charge in [-0.1, -0.05) is 0 Å². The van der Waals surface area contributed by atoms with Crippen molar-refractivity contribution in [2.45, 2.75) is 25.8 Å². The standard InChI is InChI=1S/C13H19N5O3/c1-9-12(18(20)21)11(14-15(9)2)13(19)17-7-6-16-5-3-4-10(16)8-17/h10H,3-8H2,1-2H3/t10-/m1/s1. The Bertz CT molecular complexity index is 597. The van der Waals surface area contributed by atoms with E-state index in [1.54, 1.807) is 18.9 Å². The fourth-order valence-corrected chi connectivity index (χ4v) is 3.28. The summed E-state index contributed by atoms with van der Waals surface area (Å²) in [7, 11) is 1.62. The number of nitrogens with zero attached hydrogens (tertiary/aromatic N) is 5. The Morgan fingerprint density at radius 1 is 1.38 bits per heavy atom. The number of hydrogen-bond acceptors (Lipinski definition) is 5. The van der Waals surface area contributed by atoms with Crippen LogP contribution in [-0.4, -0.2) is 62.6 Å². The number of piperazine rings is 1. The molecule has 0 unspecified atom stereocenters. The molecule has 2 aliphatic rings. The average Bonchev–Trinajstić information content (AvgIpc) is 3.02. The molecule has 114 valence electrons. The van der Waals surface area contributed by atoms with E-state index >= 15 is 0 Å². The summed E-state index contributed by atoms with van der Waals surface area (Å²) < 4.78 is 1.40. The number of amides is 1. The van der Waals surface area contributed by atoms with E-state index in [0.717, 1.165) is 25.9 Å². The van der Waals surface area contributed by atoms with Crippen molar-refractivity contribution in [3.63, 3.8) is 0 Å². The first-order chi connectivity index (χ1) is 9.99. The minimum Gasteiger partial charge on any atom is -0.334 e. The van der Waals surface area contributed by atoms with Gasteiger partial charge in [0, 0.05) is 32.7 Å². The molecular weight excluding hydrogens is 274 g/mol. The van der Waals surface area contributed by atoms with E-state index in [-0.39, 0.29) is 17.3 Å². The van der Waals surface area contributed by atoms with Crippen LogP contribution in [0.5, 0.6) is 0 Å². The van der Waals surface area contributed by atoms with Crippen molar-refractivity contribution in [2.24, 2.45) is 7.05 Å². The van der Waals surface area contributed by atoms with Crippen LogP contribution in [0.15, 0.2) is 0 Å². The molecule has 1 amide bonds. The Balaban J connectivity index is 1.85. The molecule has 0 aromatic carbocycles. The highest BCUT2D eigenvalue weighted by Crippen LogP contribution is 2.26. The lowest BCUT2D eigenvalue weighted by atomic mass is 10.1. The number of aryl methyl sites for hydroxylation is 1. The monoisotopic (exact) mass is 293 g/mol. The van der Waals surface area contributed by atoms with Gasteiger partial charge in [-0.15, -0.1) is 0 Å². The molecule has 2 fully saturated rings. The van der Waals surface area contributed by atoms with Crippen LogP contribution in [0.25, 0.3) is 0 Å². The van der Waals surface area contributed by atoms with Gasteiger partial charge in [-0.25, -0.2) is 0 Å². The van der Waals surface area contributed by atoms with Gasteiger partial charge in [0.05, 0.1) is 4.92 Å². The molecule has 2 aliphatic heterocycles. The second kappa shape index (κ2) is 5.10. The third kappa shape index (κ3) is 2.29. The van der Waals surface area contributed by atoms with Gasteiger partial charge >= 0.3 is 5.69 Å². The van der Waals surface area contributed by atoms with E-state index < -0.39 is 4.92 Å². The predicted octanol–water partition coefficient (Wildman–Crippen LogP) is 0.557. The Morgan fingerprint density at radius 3 is 2.86 bits per heavy atom. The highest BCUT2D eigenvalue weighted by Gasteiger charge is 2.37. The molecule has 2 saturated heterocycles. The normalized spacial score (nSPS) is 22.4. The van der Waals surface area contributed by atoms with Gasteiger partial charge in [-0.2, -0.15) is 5.10 Å². The molecule has 0 bridgehead atoms. The van der Waals surface area contributed by atoms with Crippen molar-refractivity contribution in [3.05, 3.63) is 21.5 Å². The molecule has 3 rings (SSSR count). The summed E-state index contributed by atoms with van der Waals surface area (Å²) in [6, 6.07) is 0.395. The Kier molecular flexibility index (Phi) is 3.40. The Hall–Kier alpha value is -1.96. The predicted molar refractivity (Wildman–Crippen MR) is 75.1 cm³/mol. The second-order valence-corrected chi connectivity index (χ2v) is 5.75. The lowest BCUT2D eigenvalue weighted by molar-refractivity contribution is -0.385. The zero-order valence-electron chi connectivity index (χ0n) is 12.3. The third-order valence-electron chi connectivity index (χ3n) is 4.56. The summed E-state index contributed by atoms with van der Waals surface area (Å²) in [6.45, 7) is 4.80. The van der Waals surface area contributed by atoms with Crippen LogP contribution in [0.4, 0.5) is 5.69 Å².